The van der Waals surface area contributed by atoms with Crippen LogP contribution in [0.2, 0.25) is 0 Å². The van der Waals surface area contributed by atoms with E-state index in [0.717, 1.165) is 0 Å². The molecule has 0 aromatic carbocycles. The molecule has 14 nitrogen and oxygen atoms in total. The molecule has 0 aliphatic heterocycles. The molecule has 3 unspecified atom stereocenters. The van der Waals surface area contributed by atoms with E-state index in [4.69, 9.17) is 27.4 Å². The number of carbonyl (C=O) groups is 6. The van der Waals surface area contributed by atoms with Crippen molar-refractivity contribution in [3.8, 4) is 0 Å². The summed E-state index contributed by atoms with van der Waals surface area (Å²) in [6.45, 7) is -0.355. The van der Waals surface area contributed by atoms with E-state index >= 15 is 0 Å². The van der Waals surface area contributed by atoms with Crippen molar-refractivity contribution in [3.63, 3.8) is 0 Å². The number of nitrogens with one attached hydrogen (secondary N) is 3. The molecule has 11 N–H and O–H groups in total. The lowest BCUT2D eigenvalue weighted by molar-refractivity contribution is -0.141. The van der Waals surface area contributed by atoms with Crippen LogP contribution in [0.3, 0.4) is 0 Å². The lowest BCUT2D eigenvalue weighted by atomic mass is 10.1. The first kappa shape index (κ1) is 26.7. The van der Waals surface area contributed by atoms with Gasteiger partial charge in [-0.1, -0.05) is 0 Å². The van der Waals surface area contributed by atoms with Crippen LogP contribution >= 0.6 is 0 Å². The zero-order valence-corrected chi connectivity index (χ0v) is 16.3. The third-order valence-electron chi connectivity index (χ3n) is 3.76. The second kappa shape index (κ2) is 13.8. The Labute approximate surface area is 171 Å². The predicted molar refractivity (Wildman–Crippen MR) is 101 cm³/mol. The third-order valence-corrected chi connectivity index (χ3v) is 3.76. The molecule has 170 valence electrons. The molecule has 0 spiro atoms. The van der Waals surface area contributed by atoms with E-state index in [1.54, 1.807) is 0 Å². The van der Waals surface area contributed by atoms with E-state index in [1.807, 2.05) is 0 Å². The van der Waals surface area contributed by atoms with E-state index in [0.29, 0.717) is 19.4 Å². The van der Waals surface area contributed by atoms with Gasteiger partial charge in [-0.05, 0) is 25.8 Å². The zero-order chi connectivity index (χ0) is 23.3. The molecule has 0 saturated heterocycles. The van der Waals surface area contributed by atoms with Crippen LogP contribution in [0.4, 0.5) is 0 Å². The van der Waals surface area contributed by atoms with E-state index in [2.05, 4.69) is 16.0 Å². The summed E-state index contributed by atoms with van der Waals surface area (Å²) in [5.41, 5.74) is 15.8. The highest BCUT2D eigenvalue weighted by Gasteiger charge is 2.30. The normalized spacial score (nSPS) is 13.4. The molecule has 0 aliphatic carbocycles. The van der Waals surface area contributed by atoms with E-state index in [9.17, 15) is 28.8 Å². The molecule has 3 atom stereocenters. The SMILES string of the molecule is NCCCCC(NC(=O)C(CC(=O)O)NC(=O)C(N)CC(N)=O)C(=O)NCC(=O)O. The topological polar surface area (TPSA) is 257 Å². The zero-order valence-electron chi connectivity index (χ0n) is 16.3. The monoisotopic (exact) mass is 432 g/mol. The van der Waals surface area contributed by atoms with Crippen molar-refractivity contribution < 1.29 is 39.0 Å². The highest BCUT2D eigenvalue weighted by Crippen LogP contribution is 2.04. The molecule has 0 aliphatic rings. The Morgan fingerprint density at radius 1 is 0.800 bits per heavy atom. The average molecular weight is 432 g/mol. The van der Waals surface area contributed by atoms with Crippen molar-refractivity contribution in [3.05, 3.63) is 0 Å². The average Bonchev–Trinajstić information content (AvgIpc) is 2.63. The van der Waals surface area contributed by atoms with Gasteiger partial charge in [-0.2, -0.15) is 0 Å². The van der Waals surface area contributed by atoms with Gasteiger partial charge in [-0.3, -0.25) is 28.8 Å². The first-order chi connectivity index (χ1) is 14.0. The molecule has 0 heterocycles. The fraction of sp³-hybridized carbons (Fsp3) is 0.625. The Morgan fingerprint density at radius 3 is 1.90 bits per heavy atom. The largest absolute Gasteiger partial charge is 0.481 e. The minimum atomic E-state index is -1.60. The summed E-state index contributed by atoms with van der Waals surface area (Å²) >= 11 is 0. The molecule has 0 fully saturated rings. The highest BCUT2D eigenvalue weighted by molar-refractivity contribution is 5.96. The number of hydrogen-bond donors (Lipinski definition) is 8. The maximum atomic E-state index is 12.5. The lowest BCUT2D eigenvalue weighted by Gasteiger charge is -2.23. The lowest BCUT2D eigenvalue weighted by Crippen LogP contribution is -2.56. The number of carboxylic acid groups (broad SMARTS) is 2. The molecule has 14 heteroatoms. The summed E-state index contributed by atoms with van der Waals surface area (Å²) in [6.07, 6.45) is -0.305. The number of carbonyl (C=O) groups excluding carboxylic acids is 4. The van der Waals surface area contributed by atoms with Crippen LogP contribution in [-0.4, -0.2) is 77.0 Å². The molecular formula is C16H28N6O8. The summed E-state index contributed by atoms with van der Waals surface area (Å²) in [5.74, 6) is -6.37. The molecule has 0 aromatic rings. The molecular weight excluding hydrogens is 404 g/mol. The van der Waals surface area contributed by atoms with Gasteiger partial charge in [0.15, 0.2) is 0 Å². The Balaban J connectivity index is 5.26. The number of carboxylic acids is 2. The maximum Gasteiger partial charge on any atom is 0.322 e. The highest BCUT2D eigenvalue weighted by atomic mass is 16.4. The summed E-state index contributed by atoms with van der Waals surface area (Å²) in [6, 6.07) is -4.18. The van der Waals surface area contributed by atoms with Gasteiger partial charge in [0.1, 0.15) is 18.6 Å². The molecule has 0 bridgehead atoms. The minimum Gasteiger partial charge on any atom is -0.481 e. The minimum absolute atomic E-state index is 0.101. The first-order valence-electron chi connectivity index (χ1n) is 9.03. The Hall–Kier alpha value is -3.26. The van der Waals surface area contributed by atoms with Crippen LogP contribution in [-0.2, 0) is 28.8 Å². The fourth-order valence-electron chi connectivity index (χ4n) is 2.29. The fourth-order valence-corrected chi connectivity index (χ4v) is 2.29. The molecule has 30 heavy (non-hydrogen) atoms. The van der Waals surface area contributed by atoms with E-state index in [1.165, 1.54) is 0 Å². The Kier molecular flexibility index (Phi) is 12.3. The third kappa shape index (κ3) is 11.6. The summed E-state index contributed by atoms with van der Waals surface area (Å²) in [5, 5.41) is 24.2. The van der Waals surface area contributed by atoms with Crippen LogP contribution in [0.1, 0.15) is 32.1 Å². The summed E-state index contributed by atoms with van der Waals surface area (Å²) < 4.78 is 0. The van der Waals surface area contributed by atoms with Gasteiger partial charge in [-0.15, -0.1) is 0 Å². The second-order valence-corrected chi connectivity index (χ2v) is 6.39. The van der Waals surface area contributed by atoms with E-state index < -0.39 is 73.1 Å². The van der Waals surface area contributed by atoms with Crippen LogP contribution in [0.15, 0.2) is 0 Å². The van der Waals surface area contributed by atoms with Gasteiger partial charge < -0.3 is 43.4 Å². The van der Waals surface area contributed by atoms with Crippen LogP contribution < -0.4 is 33.2 Å². The van der Waals surface area contributed by atoms with Gasteiger partial charge in [0, 0.05) is 0 Å². The maximum absolute atomic E-state index is 12.5. The number of nitrogens with two attached hydrogens (primary N) is 3. The standard InChI is InChI=1S/C16H28N6O8/c17-4-2-1-3-9(15(29)20-7-13(26)27)21-16(30)10(6-12(24)25)22-14(28)8(18)5-11(19)23/h8-10H,1-7,17-18H2,(H2,19,23)(H,20,29)(H,21,30)(H,22,28)(H,24,25)(H,26,27). The van der Waals surface area contributed by atoms with Gasteiger partial charge in [0.25, 0.3) is 0 Å². The molecule has 0 rings (SSSR count). The summed E-state index contributed by atoms with van der Waals surface area (Å²) in [7, 11) is 0. The van der Waals surface area contributed by atoms with Crippen molar-refractivity contribution in [2.75, 3.05) is 13.1 Å². The van der Waals surface area contributed by atoms with Gasteiger partial charge in [0.05, 0.1) is 18.9 Å². The Bertz CT molecular complexity index is 656. The molecule has 0 saturated carbocycles. The smallest absolute Gasteiger partial charge is 0.322 e. The number of aliphatic carboxylic acids is 2. The summed E-state index contributed by atoms with van der Waals surface area (Å²) in [4.78, 5) is 69.2. The first-order valence-corrected chi connectivity index (χ1v) is 9.03. The van der Waals surface area contributed by atoms with Gasteiger partial charge in [-0.25, -0.2) is 0 Å². The van der Waals surface area contributed by atoms with Crippen molar-refractivity contribution in [2.24, 2.45) is 17.2 Å². The van der Waals surface area contributed by atoms with Crippen LogP contribution in [0.25, 0.3) is 0 Å². The number of rotatable bonds is 15. The second-order valence-electron chi connectivity index (χ2n) is 6.39. The Morgan fingerprint density at radius 2 is 1.40 bits per heavy atom. The quantitative estimate of drug-likeness (QED) is 0.116. The van der Waals surface area contributed by atoms with Crippen molar-refractivity contribution in [2.45, 2.75) is 50.2 Å². The number of primary amides is 1. The van der Waals surface area contributed by atoms with Crippen molar-refractivity contribution >= 4 is 35.6 Å². The molecule has 0 aromatic heterocycles. The van der Waals surface area contributed by atoms with Crippen molar-refractivity contribution in [1.82, 2.24) is 16.0 Å². The van der Waals surface area contributed by atoms with E-state index in [-0.39, 0.29) is 6.42 Å². The van der Waals surface area contributed by atoms with Crippen LogP contribution in [0.5, 0.6) is 0 Å². The number of unbranched alkanes of at least 4 members (excludes halogenated alkanes) is 1. The molecule has 4 amide bonds. The van der Waals surface area contributed by atoms with Gasteiger partial charge >= 0.3 is 11.9 Å². The number of hydrogen-bond acceptors (Lipinski definition) is 8. The van der Waals surface area contributed by atoms with Gasteiger partial charge in [0.2, 0.25) is 23.6 Å². The van der Waals surface area contributed by atoms with Crippen LogP contribution in [0, 0.1) is 0 Å². The van der Waals surface area contributed by atoms with Crippen molar-refractivity contribution in [1.29, 1.82) is 0 Å². The molecule has 0 radical (unpaired) electrons. The predicted octanol–water partition coefficient (Wildman–Crippen LogP) is -4.04. The number of amides is 4.